The summed E-state index contributed by atoms with van der Waals surface area (Å²) in [5.41, 5.74) is 0.0435. The molecule has 1 rings (SSSR count). The molecule has 0 atom stereocenters. The Morgan fingerprint density at radius 2 is 2.33 bits per heavy atom. The number of rotatable bonds is 3. The van der Waals surface area contributed by atoms with Gasteiger partial charge in [0.25, 0.3) is 0 Å². The molecule has 0 bridgehead atoms. The number of nitriles is 1. The average Bonchev–Trinajstić information content (AvgIpc) is 2.25. The molecule has 0 spiro atoms. The van der Waals surface area contributed by atoms with Gasteiger partial charge in [-0.15, -0.1) is 0 Å². The van der Waals surface area contributed by atoms with Crippen LogP contribution in [0, 0.1) is 17.1 Å². The minimum absolute atomic E-state index is 0.137. The zero-order valence-electron chi connectivity index (χ0n) is 8.29. The summed E-state index contributed by atoms with van der Waals surface area (Å²) in [7, 11) is 0. The second kappa shape index (κ2) is 5.11. The van der Waals surface area contributed by atoms with Crippen LogP contribution in [-0.2, 0) is 4.74 Å². The minimum atomic E-state index is -0.727. The number of nitrogens with zero attached hydrogens (tertiary/aromatic N) is 1. The lowest BCUT2D eigenvalue weighted by Gasteiger charge is -2.03. The standard InChI is InChI=1S/C11H10FNO2/c1-2-5-15-11(14)9-4-3-8(7-13)6-10(9)12/h3-4,6H,2,5H2,1H3. The van der Waals surface area contributed by atoms with Gasteiger partial charge in [0.15, 0.2) is 0 Å². The van der Waals surface area contributed by atoms with Crippen molar-refractivity contribution in [2.45, 2.75) is 13.3 Å². The van der Waals surface area contributed by atoms with Crippen LogP contribution in [0.15, 0.2) is 18.2 Å². The summed E-state index contributed by atoms with van der Waals surface area (Å²) in [6.07, 6.45) is 0.684. The van der Waals surface area contributed by atoms with Crippen LogP contribution < -0.4 is 0 Å². The van der Waals surface area contributed by atoms with E-state index in [4.69, 9.17) is 10.00 Å². The highest BCUT2D eigenvalue weighted by molar-refractivity contribution is 5.89. The highest BCUT2D eigenvalue weighted by atomic mass is 19.1. The van der Waals surface area contributed by atoms with Gasteiger partial charge in [-0.3, -0.25) is 0 Å². The zero-order valence-corrected chi connectivity index (χ0v) is 8.29. The fourth-order valence-electron chi connectivity index (χ4n) is 1.02. The van der Waals surface area contributed by atoms with E-state index in [9.17, 15) is 9.18 Å². The molecule has 0 heterocycles. The third-order valence-electron chi connectivity index (χ3n) is 1.76. The normalized spacial score (nSPS) is 9.40. The smallest absolute Gasteiger partial charge is 0.341 e. The fraction of sp³-hybridized carbons (Fsp3) is 0.273. The van der Waals surface area contributed by atoms with Crippen molar-refractivity contribution >= 4 is 5.97 Å². The first-order valence-corrected chi connectivity index (χ1v) is 4.55. The number of ether oxygens (including phenoxy) is 1. The molecule has 1 aromatic rings. The summed E-state index contributed by atoms with van der Waals surface area (Å²) in [5.74, 6) is -1.42. The third-order valence-corrected chi connectivity index (χ3v) is 1.76. The summed E-state index contributed by atoms with van der Waals surface area (Å²) in [5, 5.41) is 8.50. The van der Waals surface area contributed by atoms with Crippen molar-refractivity contribution in [2.24, 2.45) is 0 Å². The van der Waals surface area contributed by atoms with E-state index in [2.05, 4.69) is 0 Å². The van der Waals surface area contributed by atoms with Gasteiger partial charge in [-0.1, -0.05) is 6.92 Å². The predicted molar refractivity (Wildman–Crippen MR) is 51.7 cm³/mol. The van der Waals surface area contributed by atoms with E-state index < -0.39 is 11.8 Å². The lowest BCUT2D eigenvalue weighted by atomic mass is 10.1. The molecule has 0 saturated heterocycles. The van der Waals surface area contributed by atoms with Gasteiger partial charge in [0.05, 0.1) is 23.8 Å². The Hall–Kier alpha value is -1.89. The van der Waals surface area contributed by atoms with Gasteiger partial charge in [0, 0.05) is 0 Å². The molecule has 78 valence electrons. The van der Waals surface area contributed by atoms with Crippen LogP contribution in [0.25, 0.3) is 0 Å². The van der Waals surface area contributed by atoms with Crippen LogP contribution in [0.4, 0.5) is 4.39 Å². The Morgan fingerprint density at radius 1 is 1.60 bits per heavy atom. The molecular weight excluding hydrogens is 197 g/mol. The van der Waals surface area contributed by atoms with Gasteiger partial charge >= 0.3 is 5.97 Å². The largest absolute Gasteiger partial charge is 0.462 e. The summed E-state index contributed by atoms with van der Waals surface area (Å²) < 4.78 is 18.0. The van der Waals surface area contributed by atoms with E-state index in [1.165, 1.54) is 12.1 Å². The molecule has 4 heteroatoms. The Bertz CT molecular complexity index is 410. The van der Waals surface area contributed by atoms with E-state index in [1.54, 1.807) is 6.07 Å². The Labute approximate surface area is 87.1 Å². The fourth-order valence-corrected chi connectivity index (χ4v) is 1.02. The summed E-state index contributed by atoms with van der Waals surface area (Å²) in [4.78, 5) is 11.3. The highest BCUT2D eigenvalue weighted by Crippen LogP contribution is 2.11. The van der Waals surface area contributed by atoms with Crippen molar-refractivity contribution in [3.63, 3.8) is 0 Å². The maximum atomic E-state index is 13.3. The number of carbonyl (C=O) groups excluding carboxylic acids is 1. The minimum Gasteiger partial charge on any atom is -0.462 e. The molecule has 0 saturated carbocycles. The van der Waals surface area contributed by atoms with Crippen LogP contribution in [-0.4, -0.2) is 12.6 Å². The van der Waals surface area contributed by atoms with Gasteiger partial charge in [-0.2, -0.15) is 5.26 Å². The topological polar surface area (TPSA) is 50.1 Å². The van der Waals surface area contributed by atoms with Gasteiger partial charge in [-0.05, 0) is 24.6 Å². The molecule has 0 unspecified atom stereocenters. The summed E-state index contributed by atoms with van der Waals surface area (Å²) in [6.45, 7) is 2.11. The molecule has 15 heavy (non-hydrogen) atoms. The molecule has 0 aliphatic rings. The number of hydrogen-bond donors (Lipinski definition) is 0. The van der Waals surface area contributed by atoms with E-state index in [0.717, 1.165) is 6.07 Å². The lowest BCUT2D eigenvalue weighted by molar-refractivity contribution is 0.0500. The molecule has 0 amide bonds. The second-order valence-electron chi connectivity index (χ2n) is 2.94. The van der Waals surface area contributed by atoms with Crippen molar-refractivity contribution in [3.05, 3.63) is 35.1 Å². The second-order valence-corrected chi connectivity index (χ2v) is 2.94. The molecule has 0 aliphatic carbocycles. The van der Waals surface area contributed by atoms with E-state index >= 15 is 0 Å². The number of halogens is 1. The van der Waals surface area contributed by atoms with Crippen LogP contribution in [0.5, 0.6) is 0 Å². The first-order valence-electron chi connectivity index (χ1n) is 4.55. The Kier molecular flexibility index (Phi) is 3.81. The van der Waals surface area contributed by atoms with Crippen molar-refractivity contribution in [1.82, 2.24) is 0 Å². The maximum absolute atomic E-state index is 13.3. The number of hydrogen-bond acceptors (Lipinski definition) is 3. The van der Waals surface area contributed by atoms with Gasteiger partial charge in [0.2, 0.25) is 0 Å². The quantitative estimate of drug-likeness (QED) is 0.714. The molecule has 3 nitrogen and oxygen atoms in total. The van der Waals surface area contributed by atoms with E-state index in [1.807, 2.05) is 6.92 Å². The van der Waals surface area contributed by atoms with Gasteiger partial charge in [-0.25, -0.2) is 9.18 Å². The molecule has 0 N–H and O–H groups in total. The predicted octanol–water partition coefficient (Wildman–Crippen LogP) is 2.26. The first kappa shape index (κ1) is 11.2. The Balaban J connectivity index is 2.87. The maximum Gasteiger partial charge on any atom is 0.341 e. The van der Waals surface area contributed by atoms with Crippen molar-refractivity contribution < 1.29 is 13.9 Å². The molecule has 0 aliphatic heterocycles. The summed E-state index contributed by atoms with van der Waals surface area (Å²) in [6, 6.07) is 5.44. The SMILES string of the molecule is CCCOC(=O)c1ccc(C#N)cc1F. The highest BCUT2D eigenvalue weighted by Gasteiger charge is 2.12. The third kappa shape index (κ3) is 2.78. The van der Waals surface area contributed by atoms with Crippen LogP contribution in [0.1, 0.15) is 29.3 Å². The van der Waals surface area contributed by atoms with Crippen molar-refractivity contribution in [2.75, 3.05) is 6.61 Å². The number of carbonyl (C=O) groups is 1. The molecule has 0 fully saturated rings. The number of benzene rings is 1. The average molecular weight is 207 g/mol. The Morgan fingerprint density at radius 3 is 2.87 bits per heavy atom. The van der Waals surface area contributed by atoms with E-state index in [-0.39, 0.29) is 17.7 Å². The zero-order chi connectivity index (χ0) is 11.3. The monoisotopic (exact) mass is 207 g/mol. The van der Waals surface area contributed by atoms with Gasteiger partial charge in [0.1, 0.15) is 5.82 Å². The number of esters is 1. The molecule has 0 aromatic heterocycles. The van der Waals surface area contributed by atoms with Gasteiger partial charge < -0.3 is 4.74 Å². The van der Waals surface area contributed by atoms with Crippen LogP contribution in [0.2, 0.25) is 0 Å². The summed E-state index contributed by atoms with van der Waals surface area (Å²) >= 11 is 0. The molecule has 1 aromatic carbocycles. The van der Waals surface area contributed by atoms with E-state index in [0.29, 0.717) is 6.42 Å². The molecule has 0 radical (unpaired) electrons. The first-order chi connectivity index (χ1) is 7.19. The lowest BCUT2D eigenvalue weighted by Crippen LogP contribution is -2.08. The van der Waals surface area contributed by atoms with Crippen molar-refractivity contribution in [1.29, 1.82) is 5.26 Å². The van der Waals surface area contributed by atoms with Crippen LogP contribution in [0.3, 0.4) is 0 Å². The molecular formula is C11H10FNO2. The van der Waals surface area contributed by atoms with Crippen molar-refractivity contribution in [3.8, 4) is 6.07 Å². The van der Waals surface area contributed by atoms with Crippen LogP contribution >= 0.6 is 0 Å².